The van der Waals surface area contributed by atoms with Crippen LogP contribution in [0.15, 0.2) is 199 Å². The first-order valence-electron chi connectivity index (χ1n) is 20.0. The van der Waals surface area contributed by atoms with Gasteiger partial charge in [0.1, 0.15) is 5.52 Å². The van der Waals surface area contributed by atoms with Crippen LogP contribution < -0.4 is 0 Å². The molecule has 5 nitrogen and oxygen atoms in total. The lowest BCUT2D eigenvalue weighted by Crippen LogP contribution is -2.01. The first-order valence-corrected chi connectivity index (χ1v) is 20.8. The van der Waals surface area contributed by atoms with Crippen LogP contribution >= 0.6 is 11.3 Å². The van der Waals surface area contributed by atoms with Crippen LogP contribution in [0.1, 0.15) is 0 Å². The van der Waals surface area contributed by atoms with E-state index in [9.17, 15) is 0 Å². The number of rotatable bonds is 6. The smallest absolute Gasteiger partial charge is 0.227 e. The van der Waals surface area contributed by atoms with Gasteiger partial charge in [-0.3, -0.25) is 0 Å². The normalized spacial score (nSPS) is 11.7. The third-order valence-corrected chi connectivity index (χ3v) is 12.5. The molecular weight excluding hydrogens is 753 g/mol. The molecule has 3 aromatic heterocycles. The molecule has 0 saturated carbocycles. The van der Waals surface area contributed by atoms with E-state index in [0.29, 0.717) is 23.4 Å². The maximum Gasteiger partial charge on any atom is 0.227 e. The zero-order valence-corrected chi connectivity index (χ0v) is 32.9. The number of aromatic nitrogens is 4. The molecule has 0 aliphatic carbocycles. The highest BCUT2D eigenvalue weighted by atomic mass is 32.1. The third-order valence-electron chi connectivity index (χ3n) is 11.4. The second-order valence-corrected chi connectivity index (χ2v) is 16.1. The molecule has 12 aromatic rings. The van der Waals surface area contributed by atoms with Gasteiger partial charge in [0.05, 0.1) is 0 Å². The first-order chi connectivity index (χ1) is 29.7. The number of fused-ring (bicyclic) bond motifs is 8. The molecule has 0 radical (unpaired) electrons. The van der Waals surface area contributed by atoms with Crippen molar-refractivity contribution in [1.29, 1.82) is 0 Å². The van der Waals surface area contributed by atoms with E-state index in [-0.39, 0.29) is 0 Å². The van der Waals surface area contributed by atoms with E-state index >= 15 is 0 Å². The van der Waals surface area contributed by atoms with E-state index < -0.39 is 0 Å². The average molecular weight is 785 g/mol. The van der Waals surface area contributed by atoms with Crippen LogP contribution in [0.4, 0.5) is 0 Å². The first kappa shape index (κ1) is 34.3. The van der Waals surface area contributed by atoms with Crippen LogP contribution in [-0.2, 0) is 0 Å². The molecular formula is C54H32N4OS. The molecule has 3 heterocycles. The summed E-state index contributed by atoms with van der Waals surface area (Å²) < 4.78 is 8.72. The number of hydrogen-bond donors (Lipinski definition) is 0. The highest BCUT2D eigenvalue weighted by Crippen LogP contribution is 2.44. The van der Waals surface area contributed by atoms with Crippen LogP contribution in [0, 0.1) is 0 Å². The number of oxazole rings is 1. The summed E-state index contributed by atoms with van der Waals surface area (Å²) in [7, 11) is 0. The highest BCUT2D eigenvalue weighted by molar-refractivity contribution is 7.26. The minimum Gasteiger partial charge on any atom is -0.436 e. The quantitative estimate of drug-likeness (QED) is 0.168. The fourth-order valence-corrected chi connectivity index (χ4v) is 9.60. The molecule has 6 heteroatoms. The molecule has 9 aromatic carbocycles. The standard InChI is InChI=1S/C54H32N4OS/c1-4-13-33(14-5-1)38-25-27-42(43(31-38)35-15-6-2-7-16-35)53-57-51(56-52(58-53)41-22-12-20-34-17-10-11-21-40(34)41)39-24-23-36-26-29-46-48(44(36)32-39)49-47(60-46)30-28-45-50(49)55-54(59-45)37-18-8-3-9-19-37/h1-32H. The molecule has 0 bridgehead atoms. The van der Waals surface area contributed by atoms with E-state index in [1.165, 1.54) is 4.70 Å². The van der Waals surface area contributed by atoms with Crippen molar-refractivity contribution in [3.63, 3.8) is 0 Å². The lowest BCUT2D eigenvalue weighted by molar-refractivity contribution is 0.620. The zero-order valence-electron chi connectivity index (χ0n) is 32.1. The van der Waals surface area contributed by atoms with Gasteiger partial charge in [-0.1, -0.05) is 146 Å². The Bertz CT molecular complexity index is 3590. The Morgan fingerprint density at radius 3 is 1.78 bits per heavy atom. The topological polar surface area (TPSA) is 64.7 Å². The van der Waals surface area contributed by atoms with Crippen molar-refractivity contribution < 1.29 is 4.42 Å². The van der Waals surface area contributed by atoms with E-state index in [4.69, 9.17) is 24.4 Å². The maximum absolute atomic E-state index is 6.37. The lowest BCUT2D eigenvalue weighted by atomic mass is 9.94. The summed E-state index contributed by atoms with van der Waals surface area (Å²) in [5.74, 6) is 2.45. The molecule has 0 spiro atoms. The fraction of sp³-hybridized carbons (Fsp3) is 0. The largest absolute Gasteiger partial charge is 0.436 e. The molecule has 0 N–H and O–H groups in total. The van der Waals surface area contributed by atoms with Crippen LogP contribution in [0.2, 0.25) is 0 Å². The van der Waals surface area contributed by atoms with Gasteiger partial charge in [-0.05, 0) is 92.3 Å². The van der Waals surface area contributed by atoms with E-state index in [1.807, 2.05) is 48.5 Å². The monoisotopic (exact) mass is 784 g/mol. The number of nitrogens with zero attached hydrogens (tertiary/aromatic N) is 4. The summed E-state index contributed by atoms with van der Waals surface area (Å²) in [6.45, 7) is 0. The number of thiophene rings is 1. The summed E-state index contributed by atoms with van der Waals surface area (Å²) in [5, 5.41) is 6.70. The van der Waals surface area contributed by atoms with Crippen molar-refractivity contribution in [3.05, 3.63) is 194 Å². The summed E-state index contributed by atoms with van der Waals surface area (Å²) in [6, 6.07) is 67.5. The van der Waals surface area contributed by atoms with Gasteiger partial charge < -0.3 is 4.42 Å². The Labute approximate surface area is 348 Å². The molecule has 0 fully saturated rings. The van der Waals surface area contributed by atoms with E-state index in [1.54, 1.807) is 11.3 Å². The van der Waals surface area contributed by atoms with Gasteiger partial charge in [0.25, 0.3) is 0 Å². The molecule has 0 aliphatic rings. The summed E-state index contributed by atoms with van der Waals surface area (Å²) in [6.07, 6.45) is 0. The molecule has 60 heavy (non-hydrogen) atoms. The van der Waals surface area contributed by atoms with Crippen molar-refractivity contribution in [2.24, 2.45) is 0 Å². The van der Waals surface area contributed by atoms with E-state index in [0.717, 1.165) is 92.6 Å². The van der Waals surface area contributed by atoms with Crippen molar-refractivity contribution in [2.75, 3.05) is 0 Å². The predicted molar refractivity (Wildman–Crippen MR) is 248 cm³/mol. The van der Waals surface area contributed by atoms with Gasteiger partial charge >= 0.3 is 0 Å². The Hall–Kier alpha value is -7.80. The number of benzene rings is 9. The second kappa shape index (κ2) is 13.9. The van der Waals surface area contributed by atoms with Crippen LogP contribution in [-0.4, -0.2) is 19.9 Å². The van der Waals surface area contributed by atoms with Crippen molar-refractivity contribution >= 4 is 64.2 Å². The van der Waals surface area contributed by atoms with Gasteiger partial charge in [0.2, 0.25) is 5.89 Å². The fourth-order valence-electron chi connectivity index (χ4n) is 8.48. The minimum absolute atomic E-state index is 0.602. The molecule has 12 rings (SSSR count). The van der Waals surface area contributed by atoms with E-state index in [2.05, 4.69) is 146 Å². The van der Waals surface area contributed by atoms with Gasteiger partial charge in [-0.25, -0.2) is 19.9 Å². The lowest BCUT2D eigenvalue weighted by Gasteiger charge is -2.15. The second-order valence-electron chi connectivity index (χ2n) is 15.0. The predicted octanol–water partition coefficient (Wildman–Crippen LogP) is 14.7. The van der Waals surface area contributed by atoms with Crippen molar-refractivity contribution in [1.82, 2.24) is 19.9 Å². The highest BCUT2D eigenvalue weighted by Gasteiger charge is 2.21. The van der Waals surface area contributed by atoms with Gasteiger partial charge in [0.15, 0.2) is 23.1 Å². The summed E-state index contributed by atoms with van der Waals surface area (Å²) >= 11 is 1.77. The van der Waals surface area contributed by atoms with Gasteiger partial charge in [0, 0.05) is 42.4 Å². The molecule has 0 amide bonds. The SMILES string of the molecule is c1ccc(-c2ccc(-c3nc(-c4ccc5ccc6sc7ccc8oc(-c9ccccc9)nc8c7c6c5c4)nc(-c4cccc5ccccc45)n3)c(-c3ccccc3)c2)cc1. The number of hydrogen-bond acceptors (Lipinski definition) is 6. The summed E-state index contributed by atoms with van der Waals surface area (Å²) in [5.41, 5.74) is 9.78. The Balaban J connectivity index is 1.10. The van der Waals surface area contributed by atoms with Crippen LogP contribution in [0.25, 0.3) is 121 Å². The third kappa shape index (κ3) is 5.76. The summed E-state index contributed by atoms with van der Waals surface area (Å²) in [4.78, 5) is 21.0. The van der Waals surface area contributed by atoms with Crippen LogP contribution in [0.3, 0.4) is 0 Å². The molecule has 0 unspecified atom stereocenters. The molecule has 0 aliphatic heterocycles. The van der Waals surface area contributed by atoms with Crippen molar-refractivity contribution in [3.8, 4) is 67.9 Å². The Morgan fingerprint density at radius 1 is 0.350 bits per heavy atom. The molecule has 0 atom stereocenters. The zero-order chi connectivity index (χ0) is 39.6. The molecule has 280 valence electrons. The average Bonchev–Trinajstić information content (AvgIpc) is 3.94. The molecule has 0 saturated heterocycles. The minimum atomic E-state index is 0.602. The Kier molecular flexibility index (Phi) is 7.96. The van der Waals surface area contributed by atoms with Crippen molar-refractivity contribution in [2.45, 2.75) is 0 Å². The Morgan fingerprint density at radius 2 is 0.967 bits per heavy atom. The maximum atomic E-state index is 6.37. The van der Waals surface area contributed by atoms with Gasteiger partial charge in [-0.2, -0.15) is 0 Å². The van der Waals surface area contributed by atoms with Crippen LogP contribution in [0.5, 0.6) is 0 Å². The van der Waals surface area contributed by atoms with Gasteiger partial charge in [-0.15, -0.1) is 11.3 Å².